The largest absolute Gasteiger partial charge is 0.358 e. The molecule has 0 amide bonds. The fraction of sp³-hybridized carbons (Fsp3) is 0.150. The Balaban J connectivity index is 1.94. The van der Waals surface area contributed by atoms with Crippen molar-refractivity contribution in [2.45, 2.75) is 19.9 Å². The van der Waals surface area contributed by atoms with E-state index in [0.717, 1.165) is 11.3 Å². The molecule has 0 aliphatic heterocycles. The Morgan fingerprint density at radius 1 is 1.04 bits per heavy atom. The van der Waals surface area contributed by atoms with E-state index in [0.29, 0.717) is 11.4 Å². The predicted molar refractivity (Wildman–Crippen MR) is 95.1 cm³/mol. The summed E-state index contributed by atoms with van der Waals surface area (Å²) in [4.78, 5) is 20.2. The van der Waals surface area contributed by atoms with Crippen LogP contribution in [0, 0.1) is 6.92 Å². The number of aryl methyl sites for hydroxylation is 1. The summed E-state index contributed by atoms with van der Waals surface area (Å²) in [6.45, 7) is 3.60. The monoisotopic (exact) mass is 317 g/mol. The molecule has 2 aromatic heterocycles. The molecule has 4 nitrogen and oxygen atoms in total. The van der Waals surface area contributed by atoms with Crippen molar-refractivity contribution in [2.75, 3.05) is 5.32 Å². The third-order valence-corrected chi connectivity index (χ3v) is 3.82. The van der Waals surface area contributed by atoms with Crippen LogP contribution in [-0.2, 0) is 0 Å². The van der Waals surface area contributed by atoms with E-state index >= 15 is 0 Å². The van der Waals surface area contributed by atoms with Gasteiger partial charge in [0.15, 0.2) is 5.78 Å². The maximum absolute atomic E-state index is 11.4. The van der Waals surface area contributed by atoms with Crippen LogP contribution in [0.5, 0.6) is 0 Å². The lowest BCUT2D eigenvalue weighted by Gasteiger charge is -2.20. The molecule has 1 atom stereocenters. The van der Waals surface area contributed by atoms with Crippen molar-refractivity contribution in [3.05, 3.63) is 89.4 Å². The van der Waals surface area contributed by atoms with Gasteiger partial charge in [-0.3, -0.25) is 9.78 Å². The average molecular weight is 317 g/mol. The number of anilines is 1. The van der Waals surface area contributed by atoms with Gasteiger partial charge in [-0.2, -0.15) is 0 Å². The molecule has 0 aliphatic rings. The zero-order valence-corrected chi connectivity index (χ0v) is 13.7. The maximum atomic E-state index is 11.4. The first kappa shape index (κ1) is 15.9. The lowest BCUT2D eigenvalue weighted by molar-refractivity contribution is 0.101. The number of rotatable bonds is 5. The molecule has 2 heterocycles. The molecule has 0 bridgehead atoms. The minimum absolute atomic E-state index is 0.00834. The highest BCUT2D eigenvalue weighted by Gasteiger charge is 2.16. The van der Waals surface area contributed by atoms with E-state index in [1.54, 1.807) is 18.5 Å². The number of ketones is 1. The van der Waals surface area contributed by atoms with Gasteiger partial charge in [0.2, 0.25) is 0 Å². The topological polar surface area (TPSA) is 54.9 Å². The summed E-state index contributed by atoms with van der Waals surface area (Å²) in [7, 11) is 0. The van der Waals surface area contributed by atoms with E-state index in [2.05, 4.69) is 40.4 Å². The number of nitrogens with zero attached hydrogens (tertiary/aromatic N) is 2. The van der Waals surface area contributed by atoms with E-state index < -0.39 is 0 Å². The molecule has 0 fully saturated rings. The average Bonchev–Trinajstić information content (AvgIpc) is 2.61. The first-order chi connectivity index (χ1) is 11.6. The van der Waals surface area contributed by atoms with Crippen LogP contribution in [0.25, 0.3) is 0 Å². The maximum Gasteiger partial charge on any atom is 0.161 e. The van der Waals surface area contributed by atoms with Gasteiger partial charge in [0.1, 0.15) is 5.82 Å². The highest BCUT2D eigenvalue weighted by Crippen LogP contribution is 2.25. The summed E-state index contributed by atoms with van der Waals surface area (Å²) >= 11 is 0. The molecule has 1 unspecified atom stereocenters. The Labute approximate surface area is 141 Å². The zero-order valence-electron chi connectivity index (χ0n) is 13.7. The number of hydrogen-bond acceptors (Lipinski definition) is 4. The lowest BCUT2D eigenvalue weighted by atomic mass is 10.0. The Hall–Kier alpha value is -3.01. The smallest absolute Gasteiger partial charge is 0.161 e. The fourth-order valence-corrected chi connectivity index (χ4v) is 2.56. The SMILES string of the molecule is CC(=O)c1ccc(NC(c2cccc(C)c2)c2ccccn2)nc1. The van der Waals surface area contributed by atoms with Gasteiger partial charge in [-0.05, 0) is 43.7 Å². The molecule has 1 N–H and O–H groups in total. The van der Waals surface area contributed by atoms with Crippen molar-refractivity contribution in [3.63, 3.8) is 0 Å². The first-order valence-corrected chi connectivity index (χ1v) is 7.84. The normalized spacial score (nSPS) is 11.8. The number of hydrogen-bond donors (Lipinski definition) is 1. The predicted octanol–water partition coefficient (Wildman–Crippen LogP) is 4.19. The van der Waals surface area contributed by atoms with E-state index in [-0.39, 0.29) is 11.8 Å². The minimum atomic E-state index is -0.109. The number of carbonyl (C=O) groups is 1. The third-order valence-electron chi connectivity index (χ3n) is 3.82. The molecule has 0 saturated heterocycles. The first-order valence-electron chi connectivity index (χ1n) is 7.84. The van der Waals surface area contributed by atoms with E-state index in [9.17, 15) is 4.79 Å². The van der Waals surface area contributed by atoms with Gasteiger partial charge in [-0.1, -0.05) is 35.9 Å². The number of Topliss-reactive ketones (excluding diaryl/α,β-unsaturated/α-hetero) is 1. The molecule has 4 heteroatoms. The van der Waals surface area contributed by atoms with Crippen LogP contribution in [0.2, 0.25) is 0 Å². The van der Waals surface area contributed by atoms with Gasteiger partial charge < -0.3 is 5.32 Å². The molecule has 3 aromatic rings. The van der Waals surface area contributed by atoms with Crippen LogP contribution in [0.3, 0.4) is 0 Å². The quantitative estimate of drug-likeness (QED) is 0.717. The molecule has 3 rings (SSSR count). The van der Waals surface area contributed by atoms with Gasteiger partial charge in [0.25, 0.3) is 0 Å². The van der Waals surface area contributed by atoms with Gasteiger partial charge in [-0.15, -0.1) is 0 Å². The number of benzene rings is 1. The van der Waals surface area contributed by atoms with E-state index in [4.69, 9.17) is 0 Å². The Morgan fingerprint density at radius 2 is 1.92 bits per heavy atom. The van der Waals surface area contributed by atoms with Crippen molar-refractivity contribution in [2.24, 2.45) is 0 Å². The zero-order chi connectivity index (χ0) is 16.9. The summed E-state index contributed by atoms with van der Waals surface area (Å²) in [5.74, 6) is 0.714. The highest BCUT2D eigenvalue weighted by molar-refractivity contribution is 5.93. The summed E-state index contributed by atoms with van der Waals surface area (Å²) in [5.41, 5.74) is 3.83. The minimum Gasteiger partial charge on any atom is -0.358 e. The van der Waals surface area contributed by atoms with Crippen molar-refractivity contribution >= 4 is 11.6 Å². The van der Waals surface area contributed by atoms with Gasteiger partial charge in [0, 0.05) is 18.0 Å². The van der Waals surface area contributed by atoms with Crippen LogP contribution < -0.4 is 5.32 Å². The van der Waals surface area contributed by atoms with Crippen LogP contribution in [0.15, 0.2) is 67.0 Å². The third kappa shape index (κ3) is 3.66. The van der Waals surface area contributed by atoms with Crippen LogP contribution in [0.4, 0.5) is 5.82 Å². The second-order valence-electron chi connectivity index (χ2n) is 5.73. The summed E-state index contributed by atoms with van der Waals surface area (Å²) in [5, 5.41) is 3.42. The summed E-state index contributed by atoms with van der Waals surface area (Å²) in [6, 6.07) is 17.7. The molecule has 0 radical (unpaired) electrons. The Bertz CT molecular complexity index is 829. The Morgan fingerprint density at radius 3 is 2.54 bits per heavy atom. The van der Waals surface area contributed by atoms with E-state index in [1.165, 1.54) is 12.5 Å². The van der Waals surface area contributed by atoms with Crippen LogP contribution >= 0.6 is 0 Å². The fourth-order valence-electron chi connectivity index (χ4n) is 2.56. The highest BCUT2D eigenvalue weighted by atomic mass is 16.1. The molecule has 0 saturated carbocycles. The molecule has 1 aromatic carbocycles. The van der Waals surface area contributed by atoms with Gasteiger partial charge >= 0.3 is 0 Å². The molecule has 24 heavy (non-hydrogen) atoms. The van der Waals surface area contributed by atoms with Crippen molar-refractivity contribution in [3.8, 4) is 0 Å². The van der Waals surface area contributed by atoms with Crippen molar-refractivity contribution < 1.29 is 4.79 Å². The second-order valence-corrected chi connectivity index (χ2v) is 5.73. The van der Waals surface area contributed by atoms with Gasteiger partial charge in [-0.25, -0.2) is 4.98 Å². The van der Waals surface area contributed by atoms with Crippen LogP contribution in [-0.4, -0.2) is 15.8 Å². The lowest BCUT2D eigenvalue weighted by Crippen LogP contribution is -2.15. The van der Waals surface area contributed by atoms with Crippen LogP contribution in [0.1, 0.15) is 40.1 Å². The number of aromatic nitrogens is 2. The number of carbonyl (C=O) groups excluding carboxylic acids is 1. The number of pyridine rings is 2. The molecule has 0 aliphatic carbocycles. The Kier molecular flexibility index (Phi) is 4.66. The molecular formula is C20H19N3O. The number of nitrogens with one attached hydrogen (secondary N) is 1. The molecule has 0 spiro atoms. The van der Waals surface area contributed by atoms with Gasteiger partial charge in [0.05, 0.1) is 11.7 Å². The summed E-state index contributed by atoms with van der Waals surface area (Å²) < 4.78 is 0. The van der Waals surface area contributed by atoms with Crippen molar-refractivity contribution in [1.29, 1.82) is 0 Å². The van der Waals surface area contributed by atoms with Crippen molar-refractivity contribution in [1.82, 2.24) is 9.97 Å². The molecular weight excluding hydrogens is 298 g/mol. The second kappa shape index (κ2) is 7.04. The molecule has 120 valence electrons. The summed E-state index contributed by atoms with van der Waals surface area (Å²) in [6.07, 6.45) is 3.38. The van der Waals surface area contributed by atoms with E-state index in [1.807, 2.05) is 30.3 Å². The standard InChI is InChI=1S/C20H19N3O/c1-14-6-5-7-16(12-14)20(18-8-3-4-11-21-18)23-19-10-9-17(13-22-19)15(2)24/h3-13,20H,1-2H3,(H,22,23).